The van der Waals surface area contributed by atoms with Gasteiger partial charge in [0.15, 0.2) is 0 Å². The first-order valence-corrected chi connectivity index (χ1v) is 4.67. The number of ether oxygens (including phenoxy) is 1. The third-order valence-electron chi connectivity index (χ3n) is 3.75. The highest BCUT2D eigenvalue weighted by molar-refractivity contribution is 5.91. The lowest BCUT2D eigenvalue weighted by Gasteiger charge is -2.21. The highest BCUT2D eigenvalue weighted by atomic mass is 16.6. The normalized spacial score (nSPS) is 49.7. The van der Waals surface area contributed by atoms with Crippen molar-refractivity contribution in [3.8, 4) is 0 Å². The van der Waals surface area contributed by atoms with Crippen molar-refractivity contribution >= 4 is 5.97 Å². The van der Waals surface area contributed by atoms with Crippen molar-refractivity contribution in [3.05, 3.63) is 12.2 Å². The molecule has 0 amide bonds. The summed E-state index contributed by atoms with van der Waals surface area (Å²) in [5, 5.41) is 0. The quantitative estimate of drug-likeness (QED) is 0.400. The zero-order chi connectivity index (χ0) is 8.29. The van der Waals surface area contributed by atoms with Gasteiger partial charge in [-0.05, 0) is 31.1 Å². The Kier molecular flexibility index (Phi) is 1.07. The predicted molar refractivity (Wildman–Crippen MR) is 43.3 cm³/mol. The van der Waals surface area contributed by atoms with E-state index < -0.39 is 0 Å². The molecule has 0 aromatic heterocycles. The van der Waals surface area contributed by atoms with Crippen LogP contribution in [-0.2, 0) is 9.53 Å². The van der Waals surface area contributed by atoms with E-state index in [9.17, 15) is 4.79 Å². The molecule has 3 fully saturated rings. The Hall–Kier alpha value is -0.790. The first kappa shape index (κ1) is 6.70. The predicted octanol–water partition coefficient (Wildman–Crippen LogP) is 1.51. The number of carbonyl (C=O) groups is 1. The summed E-state index contributed by atoms with van der Waals surface area (Å²) in [5.74, 6) is 1.61. The number of fused-ring (bicyclic) bond motifs is 5. The van der Waals surface area contributed by atoms with E-state index in [2.05, 4.69) is 6.58 Å². The molecule has 1 saturated heterocycles. The summed E-state index contributed by atoms with van der Waals surface area (Å²) in [4.78, 5) is 11.2. The van der Waals surface area contributed by atoms with Crippen LogP contribution >= 0.6 is 0 Å². The van der Waals surface area contributed by atoms with Crippen LogP contribution < -0.4 is 0 Å². The highest BCUT2D eigenvalue weighted by Crippen LogP contribution is 2.55. The molecule has 3 rings (SSSR count). The van der Waals surface area contributed by atoms with E-state index in [1.54, 1.807) is 0 Å². The molecule has 0 aromatic rings. The Morgan fingerprint density at radius 1 is 1.33 bits per heavy atom. The fourth-order valence-corrected chi connectivity index (χ4v) is 3.23. The standard InChI is InChI=1S/C10H12O2/c1-5-8-6-2-3-7(4-6)9(8)12-10(5)11/h6-9H,1-4H2/t6-,7+,8+,9-/m1/s1. The fraction of sp³-hybridized carbons (Fsp3) is 0.700. The van der Waals surface area contributed by atoms with Gasteiger partial charge in [0.25, 0.3) is 0 Å². The molecule has 0 spiro atoms. The van der Waals surface area contributed by atoms with Gasteiger partial charge in [-0.1, -0.05) is 6.58 Å². The van der Waals surface area contributed by atoms with E-state index in [1.807, 2.05) is 0 Å². The third-order valence-corrected chi connectivity index (χ3v) is 3.75. The average Bonchev–Trinajstić information content (AvgIpc) is 2.66. The molecule has 0 unspecified atom stereocenters. The smallest absolute Gasteiger partial charge is 0.334 e. The summed E-state index contributed by atoms with van der Waals surface area (Å²) >= 11 is 0. The SMILES string of the molecule is C=C1C(=O)O[C@@H]2[C@H]3CC[C@H](C3)[C@H]12. The molecule has 1 heterocycles. The molecule has 64 valence electrons. The van der Waals surface area contributed by atoms with E-state index in [0.29, 0.717) is 17.8 Å². The summed E-state index contributed by atoms with van der Waals surface area (Å²) in [5.41, 5.74) is 0.743. The summed E-state index contributed by atoms with van der Waals surface area (Å²) in [6.07, 6.45) is 4.01. The Morgan fingerprint density at radius 2 is 2.08 bits per heavy atom. The molecule has 1 aliphatic heterocycles. The van der Waals surface area contributed by atoms with Crippen molar-refractivity contribution in [2.75, 3.05) is 0 Å². The topological polar surface area (TPSA) is 26.3 Å². The summed E-state index contributed by atoms with van der Waals surface area (Å²) in [6.45, 7) is 3.82. The molecule has 2 nitrogen and oxygen atoms in total. The van der Waals surface area contributed by atoms with Crippen LogP contribution in [0.25, 0.3) is 0 Å². The van der Waals surface area contributed by atoms with Gasteiger partial charge >= 0.3 is 5.97 Å². The molecule has 2 aliphatic carbocycles. The Labute approximate surface area is 71.6 Å². The van der Waals surface area contributed by atoms with Crippen molar-refractivity contribution in [2.45, 2.75) is 25.4 Å². The minimum Gasteiger partial charge on any atom is -0.458 e. The minimum absolute atomic E-state index is 0.137. The second kappa shape index (κ2) is 1.93. The summed E-state index contributed by atoms with van der Waals surface area (Å²) in [7, 11) is 0. The molecular formula is C10H12O2. The molecule has 3 aliphatic rings. The number of rotatable bonds is 0. The lowest BCUT2D eigenvalue weighted by atomic mass is 9.84. The van der Waals surface area contributed by atoms with Gasteiger partial charge < -0.3 is 4.74 Å². The first-order valence-electron chi connectivity index (χ1n) is 4.67. The van der Waals surface area contributed by atoms with Crippen LogP contribution in [0, 0.1) is 17.8 Å². The van der Waals surface area contributed by atoms with Crippen molar-refractivity contribution in [1.82, 2.24) is 0 Å². The van der Waals surface area contributed by atoms with E-state index in [4.69, 9.17) is 4.74 Å². The minimum atomic E-state index is -0.137. The zero-order valence-electron chi connectivity index (χ0n) is 6.95. The van der Waals surface area contributed by atoms with Gasteiger partial charge in [0.05, 0.1) is 0 Å². The van der Waals surface area contributed by atoms with Gasteiger partial charge in [0, 0.05) is 11.5 Å². The molecule has 0 radical (unpaired) electrons. The molecular weight excluding hydrogens is 152 g/mol. The second-order valence-electron chi connectivity index (χ2n) is 4.25. The number of carbonyl (C=O) groups excluding carboxylic acids is 1. The first-order chi connectivity index (χ1) is 5.77. The van der Waals surface area contributed by atoms with Crippen molar-refractivity contribution in [1.29, 1.82) is 0 Å². The van der Waals surface area contributed by atoms with Gasteiger partial charge in [-0.15, -0.1) is 0 Å². The van der Waals surface area contributed by atoms with Crippen LogP contribution in [-0.4, -0.2) is 12.1 Å². The molecule has 2 heteroatoms. The van der Waals surface area contributed by atoms with Crippen LogP contribution in [0.15, 0.2) is 12.2 Å². The molecule has 2 bridgehead atoms. The van der Waals surface area contributed by atoms with Crippen LogP contribution in [0.1, 0.15) is 19.3 Å². The van der Waals surface area contributed by atoms with Crippen molar-refractivity contribution in [3.63, 3.8) is 0 Å². The largest absolute Gasteiger partial charge is 0.458 e. The monoisotopic (exact) mass is 164 g/mol. The van der Waals surface area contributed by atoms with E-state index in [1.165, 1.54) is 19.3 Å². The molecule has 12 heavy (non-hydrogen) atoms. The lowest BCUT2D eigenvalue weighted by molar-refractivity contribution is -0.140. The Bertz CT molecular complexity index is 269. The van der Waals surface area contributed by atoms with Gasteiger partial charge in [-0.3, -0.25) is 0 Å². The molecule has 4 atom stereocenters. The fourth-order valence-electron chi connectivity index (χ4n) is 3.23. The lowest BCUT2D eigenvalue weighted by Crippen LogP contribution is -2.23. The van der Waals surface area contributed by atoms with E-state index in [-0.39, 0.29) is 12.1 Å². The average molecular weight is 164 g/mol. The van der Waals surface area contributed by atoms with Crippen LogP contribution in [0.4, 0.5) is 0 Å². The third kappa shape index (κ3) is 0.598. The maximum Gasteiger partial charge on any atom is 0.334 e. The number of hydrogen-bond acceptors (Lipinski definition) is 2. The van der Waals surface area contributed by atoms with Gasteiger partial charge in [0.1, 0.15) is 6.10 Å². The van der Waals surface area contributed by atoms with Gasteiger partial charge in [-0.25, -0.2) is 4.79 Å². The van der Waals surface area contributed by atoms with Crippen molar-refractivity contribution < 1.29 is 9.53 Å². The second-order valence-corrected chi connectivity index (χ2v) is 4.25. The maximum atomic E-state index is 11.2. The van der Waals surface area contributed by atoms with E-state index >= 15 is 0 Å². The van der Waals surface area contributed by atoms with Crippen LogP contribution in [0.2, 0.25) is 0 Å². The van der Waals surface area contributed by atoms with E-state index in [0.717, 1.165) is 5.57 Å². The van der Waals surface area contributed by atoms with Gasteiger partial charge in [-0.2, -0.15) is 0 Å². The highest BCUT2D eigenvalue weighted by Gasteiger charge is 2.55. The Balaban J connectivity index is 2.00. The summed E-state index contributed by atoms with van der Waals surface area (Å²) in [6, 6.07) is 0. The zero-order valence-corrected chi connectivity index (χ0v) is 6.95. The van der Waals surface area contributed by atoms with Crippen LogP contribution in [0.5, 0.6) is 0 Å². The van der Waals surface area contributed by atoms with Crippen LogP contribution in [0.3, 0.4) is 0 Å². The number of hydrogen-bond donors (Lipinski definition) is 0. The molecule has 0 aromatic carbocycles. The Morgan fingerprint density at radius 3 is 2.83 bits per heavy atom. The molecule has 0 N–H and O–H groups in total. The number of esters is 1. The summed E-state index contributed by atoms with van der Waals surface area (Å²) < 4.78 is 5.29. The van der Waals surface area contributed by atoms with Crippen molar-refractivity contribution in [2.24, 2.45) is 17.8 Å². The molecule has 2 saturated carbocycles. The maximum absolute atomic E-state index is 11.2. The van der Waals surface area contributed by atoms with Gasteiger partial charge in [0.2, 0.25) is 0 Å².